The van der Waals surface area contributed by atoms with Gasteiger partial charge < -0.3 is 33.9 Å². The number of halogens is 1. The zero-order chi connectivity index (χ0) is 48.6. The molecular formula is C53H56ClN7O8S. The Morgan fingerprint density at radius 2 is 1.51 bits per heavy atom. The number of nitrogens with one attached hydrogen (secondary N) is 1. The van der Waals surface area contributed by atoms with Gasteiger partial charge in [-0.3, -0.25) is 23.9 Å². The Balaban J connectivity index is 0.668. The highest BCUT2D eigenvalue weighted by atomic mass is 35.5. The Morgan fingerprint density at radius 1 is 0.814 bits per heavy atom. The van der Waals surface area contributed by atoms with Crippen molar-refractivity contribution in [2.45, 2.75) is 52.5 Å². The number of thiophene rings is 1. The summed E-state index contributed by atoms with van der Waals surface area (Å²) in [4.78, 5) is 52.4. The van der Waals surface area contributed by atoms with Gasteiger partial charge in [-0.1, -0.05) is 54.1 Å². The van der Waals surface area contributed by atoms with E-state index in [1.807, 2.05) is 85.8 Å². The number of aryl methyl sites for hydroxylation is 2. The highest BCUT2D eigenvalue weighted by Gasteiger charge is 2.33. The number of hydrogen-bond acceptors (Lipinski definition) is 14. The van der Waals surface area contributed by atoms with Crippen molar-refractivity contribution in [1.82, 2.24) is 24.6 Å². The summed E-state index contributed by atoms with van der Waals surface area (Å²) in [6, 6.07) is 24.4. The molecule has 70 heavy (non-hydrogen) atoms. The average Bonchev–Trinajstić information content (AvgIpc) is 4.01. The molecular weight excluding hydrogens is 930 g/mol. The second kappa shape index (κ2) is 22.7. The molecule has 9 rings (SSSR count). The number of aliphatic imine (C=N–C) groups is 1. The summed E-state index contributed by atoms with van der Waals surface area (Å²) in [6.45, 7) is 11.5. The van der Waals surface area contributed by atoms with E-state index >= 15 is 0 Å². The molecule has 0 bridgehead atoms. The Labute approximate surface area is 416 Å². The molecule has 1 fully saturated rings. The van der Waals surface area contributed by atoms with Crippen molar-refractivity contribution in [3.8, 4) is 21.9 Å². The lowest BCUT2D eigenvalue weighted by Crippen LogP contribution is -2.41. The van der Waals surface area contributed by atoms with Gasteiger partial charge in [0.25, 0.3) is 5.91 Å². The van der Waals surface area contributed by atoms with E-state index in [0.717, 1.165) is 61.0 Å². The quantitative estimate of drug-likeness (QED) is 0.0698. The number of aromatic nitrogens is 4. The van der Waals surface area contributed by atoms with Crippen LogP contribution in [0.2, 0.25) is 5.02 Å². The molecule has 2 aliphatic heterocycles. The zero-order valence-electron chi connectivity index (χ0n) is 39.6. The van der Waals surface area contributed by atoms with Crippen LogP contribution in [0, 0.1) is 20.8 Å². The van der Waals surface area contributed by atoms with Crippen molar-refractivity contribution < 1.29 is 38.1 Å². The number of rotatable bonds is 21. The zero-order valence-corrected chi connectivity index (χ0v) is 41.2. The Hall–Kier alpha value is -6.14. The van der Waals surface area contributed by atoms with Gasteiger partial charge in [0, 0.05) is 71.9 Å². The van der Waals surface area contributed by atoms with Crippen LogP contribution in [-0.2, 0) is 47.8 Å². The molecule has 1 amide bonds. The van der Waals surface area contributed by atoms with Gasteiger partial charge in [0.1, 0.15) is 52.3 Å². The molecule has 15 nitrogen and oxygen atoms in total. The van der Waals surface area contributed by atoms with Crippen molar-refractivity contribution in [2.24, 2.45) is 4.99 Å². The minimum absolute atomic E-state index is 0.0409. The smallest absolute Gasteiger partial charge is 0.273 e. The van der Waals surface area contributed by atoms with Gasteiger partial charge >= 0.3 is 0 Å². The number of nitrogens with zero attached hydrogens (tertiary/aromatic N) is 6. The van der Waals surface area contributed by atoms with E-state index in [0.29, 0.717) is 120 Å². The summed E-state index contributed by atoms with van der Waals surface area (Å²) in [5.74, 6) is 2.78. The highest BCUT2D eigenvalue weighted by molar-refractivity contribution is 7.15. The van der Waals surface area contributed by atoms with Gasteiger partial charge in [-0.05, 0) is 85.0 Å². The highest BCUT2D eigenvalue weighted by Crippen LogP contribution is 2.40. The van der Waals surface area contributed by atoms with Gasteiger partial charge in [-0.15, -0.1) is 21.5 Å². The normalized spacial score (nSPS) is 15.3. The van der Waals surface area contributed by atoms with Crippen LogP contribution in [0.5, 0.6) is 5.75 Å². The predicted molar refractivity (Wildman–Crippen MR) is 268 cm³/mol. The van der Waals surface area contributed by atoms with Gasteiger partial charge in [-0.2, -0.15) is 0 Å². The van der Waals surface area contributed by atoms with E-state index < -0.39 is 6.04 Å². The maximum absolute atomic E-state index is 13.7. The molecule has 0 radical (unpaired) electrons. The fraction of sp³-hybridized carbons (Fsp3) is 0.377. The first kappa shape index (κ1) is 48.9. The predicted octanol–water partition coefficient (Wildman–Crippen LogP) is 7.74. The van der Waals surface area contributed by atoms with Crippen molar-refractivity contribution in [3.05, 3.63) is 139 Å². The molecule has 0 spiro atoms. The lowest BCUT2D eigenvalue weighted by molar-refractivity contribution is -0.119. The maximum Gasteiger partial charge on any atom is 0.273 e. The lowest BCUT2D eigenvalue weighted by Gasteiger charge is -2.27. The Bertz CT molecular complexity index is 2880. The number of morpholine rings is 1. The molecule has 1 aliphatic carbocycles. The van der Waals surface area contributed by atoms with E-state index in [4.69, 9.17) is 45.3 Å². The number of Topliss-reactive ketones (excluding diaryl/α,β-unsaturated/α-hetero) is 2. The molecule has 3 aromatic heterocycles. The van der Waals surface area contributed by atoms with E-state index in [9.17, 15) is 14.4 Å². The number of pyridine rings is 1. The molecule has 3 aliphatic rings. The number of carbonyl (C=O) groups is 3. The molecule has 3 aromatic carbocycles. The number of amides is 1. The molecule has 1 atom stereocenters. The van der Waals surface area contributed by atoms with E-state index in [-0.39, 0.29) is 30.3 Å². The fourth-order valence-corrected chi connectivity index (χ4v) is 10.2. The van der Waals surface area contributed by atoms with Crippen LogP contribution in [0.25, 0.3) is 16.1 Å². The minimum atomic E-state index is -0.518. The third-order valence-corrected chi connectivity index (χ3v) is 14.0. The van der Waals surface area contributed by atoms with Crippen LogP contribution < -0.4 is 10.1 Å². The summed E-state index contributed by atoms with van der Waals surface area (Å²) in [7, 11) is 0. The number of fused-ring (bicyclic) bond motifs is 4. The van der Waals surface area contributed by atoms with Crippen LogP contribution in [0.15, 0.2) is 83.9 Å². The first-order valence-corrected chi connectivity index (χ1v) is 24.9. The molecule has 5 heterocycles. The van der Waals surface area contributed by atoms with Crippen molar-refractivity contribution in [3.63, 3.8) is 0 Å². The first-order valence-electron chi connectivity index (χ1n) is 23.7. The lowest BCUT2D eigenvalue weighted by atomic mass is 9.98. The van der Waals surface area contributed by atoms with Gasteiger partial charge in [-0.25, -0.2) is 4.98 Å². The monoisotopic (exact) mass is 985 g/mol. The summed E-state index contributed by atoms with van der Waals surface area (Å²) >= 11 is 7.94. The Morgan fingerprint density at radius 3 is 2.27 bits per heavy atom. The SMILES string of the molecule is Cc1sc2c(c1C)C(c1ccc(Cl)cc1)=N[C@@H](CC(=O)Cc1ccc(OCCOCCOCCOCCNc3ccc(-c4ccc5c(c4)CC(=O)C5)c(C(=O)N4CCOCC4)n3)cc1)c1nnc(C)n1-2. The number of benzene rings is 3. The molecule has 0 unspecified atom stereocenters. The number of ketones is 2. The molecule has 17 heteroatoms. The first-order chi connectivity index (χ1) is 34.1. The van der Waals surface area contributed by atoms with Crippen LogP contribution in [-0.4, -0.2) is 127 Å². The second-order valence-corrected chi connectivity index (χ2v) is 19.1. The van der Waals surface area contributed by atoms with Crippen molar-refractivity contribution in [1.29, 1.82) is 0 Å². The molecule has 364 valence electrons. The molecule has 6 aromatic rings. The second-order valence-electron chi connectivity index (χ2n) is 17.5. The van der Waals surface area contributed by atoms with E-state index in [2.05, 4.69) is 33.9 Å². The number of anilines is 1. The standard InChI is InChI=1S/C53H56ClN7O8S/c1-33-34(2)70-53-48(33)49(37-8-10-41(54)11-9-37)56-46(51-59-58-35(3)61(51)53)32-42(62)28-36-4-12-44(13-5-36)69-27-26-68-25-24-67-23-22-65-19-16-55-47-15-14-45(39-7-6-38-30-43(63)31-40(38)29-39)50(57-47)52(64)60-17-20-66-21-18-60/h4-15,29,46H,16-28,30-32H2,1-3H3,(H,55,57)/t46-/m0/s1. The minimum Gasteiger partial charge on any atom is -0.491 e. The van der Waals surface area contributed by atoms with Gasteiger partial charge in [0.2, 0.25) is 0 Å². The third kappa shape index (κ3) is 11.5. The van der Waals surface area contributed by atoms with Crippen LogP contribution >= 0.6 is 22.9 Å². The van der Waals surface area contributed by atoms with Gasteiger partial charge in [0.15, 0.2) is 5.82 Å². The summed E-state index contributed by atoms with van der Waals surface area (Å²) in [5.41, 5.74) is 8.83. The number of ether oxygens (including phenoxy) is 5. The topological polar surface area (TPSA) is 169 Å². The van der Waals surface area contributed by atoms with Crippen molar-refractivity contribution >= 4 is 51.9 Å². The third-order valence-electron chi connectivity index (χ3n) is 12.6. The summed E-state index contributed by atoms with van der Waals surface area (Å²) in [5, 5.41) is 13.9. The van der Waals surface area contributed by atoms with Crippen LogP contribution in [0.1, 0.15) is 72.9 Å². The van der Waals surface area contributed by atoms with E-state index in [1.54, 1.807) is 16.2 Å². The number of carbonyl (C=O) groups excluding carboxylic acids is 3. The molecule has 0 saturated carbocycles. The maximum atomic E-state index is 13.7. The summed E-state index contributed by atoms with van der Waals surface area (Å²) in [6.07, 6.45) is 1.30. The fourth-order valence-electron chi connectivity index (χ4n) is 8.85. The number of hydrogen-bond donors (Lipinski definition) is 1. The largest absolute Gasteiger partial charge is 0.491 e. The summed E-state index contributed by atoms with van der Waals surface area (Å²) < 4.78 is 30.6. The molecule has 1 saturated heterocycles. The van der Waals surface area contributed by atoms with Crippen LogP contribution in [0.4, 0.5) is 5.82 Å². The van der Waals surface area contributed by atoms with Gasteiger partial charge in [0.05, 0.1) is 58.6 Å². The van der Waals surface area contributed by atoms with Crippen LogP contribution in [0.3, 0.4) is 0 Å². The Kier molecular flexibility index (Phi) is 15.9. The van der Waals surface area contributed by atoms with Crippen molar-refractivity contribution in [2.75, 3.05) is 84.4 Å². The average molecular weight is 987 g/mol. The molecule has 1 N–H and O–H groups in total. The van der Waals surface area contributed by atoms with E-state index in [1.165, 1.54) is 4.88 Å².